The Morgan fingerprint density at radius 2 is 2.44 bits per heavy atom. The fraction of sp³-hybridized carbons (Fsp3) is 0.200. The SMILES string of the molecule is NC(=O)C1C=CC=[N+]1[O-]. The van der Waals surface area contributed by atoms with Crippen LogP contribution in [0.2, 0.25) is 0 Å². The van der Waals surface area contributed by atoms with Gasteiger partial charge in [-0.05, 0) is 0 Å². The van der Waals surface area contributed by atoms with Crippen LogP contribution in [0.25, 0.3) is 0 Å². The van der Waals surface area contributed by atoms with Gasteiger partial charge in [-0.1, -0.05) is 0 Å². The Morgan fingerprint density at radius 1 is 1.78 bits per heavy atom. The summed E-state index contributed by atoms with van der Waals surface area (Å²) in [4.78, 5) is 10.3. The molecule has 0 saturated carbocycles. The van der Waals surface area contributed by atoms with E-state index in [1.165, 1.54) is 18.4 Å². The molecule has 1 aliphatic rings. The van der Waals surface area contributed by atoms with Crippen molar-refractivity contribution in [1.82, 2.24) is 0 Å². The first-order valence-corrected chi connectivity index (χ1v) is 2.48. The highest BCUT2D eigenvalue weighted by Gasteiger charge is 2.21. The highest BCUT2D eigenvalue weighted by atomic mass is 16.5. The van der Waals surface area contributed by atoms with Gasteiger partial charge < -0.3 is 10.9 Å². The molecule has 0 radical (unpaired) electrons. The topological polar surface area (TPSA) is 69.2 Å². The Balaban J connectivity index is 2.74. The van der Waals surface area contributed by atoms with Gasteiger partial charge in [0.2, 0.25) is 0 Å². The molecule has 1 heterocycles. The van der Waals surface area contributed by atoms with Crippen LogP contribution in [0.5, 0.6) is 0 Å². The number of hydroxylamine groups is 1. The van der Waals surface area contributed by atoms with Crippen LogP contribution in [0, 0.1) is 5.21 Å². The van der Waals surface area contributed by atoms with Crippen LogP contribution in [-0.4, -0.2) is 22.9 Å². The van der Waals surface area contributed by atoms with Crippen molar-refractivity contribution in [3.05, 3.63) is 17.4 Å². The Kier molecular flexibility index (Phi) is 1.22. The Hall–Kier alpha value is -1.32. The summed E-state index contributed by atoms with van der Waals surface area (Å²) >= 11 is 0. The predicted molar refractivity (Wildman–Crippen MR) is 31.8 cm³/mol. The number of carbonyl (C=O) groups excluding carboxylic acids is 1. The summed E-state index contributed by atoms with van der Waals surface area (Å²) in [7, 11) is 0. The number of allylic oxidation sites excluding steroid dienone is 1. The lowest BCUT2D eigenvalue weighted by Crippen LogP contribution is -2.32. The van der Waals surface area contributed by atoms with Gasteiger partial charge in [0.1, 0.15) is 0 Å². The molecular weight excluding hydrogens is 120 g/mol. The van der Waals surface area contributed by atoms with Gasteiger partial charge in [0.25, 0.3) is 11.9 Å². The van der Waals surface area contributed by atoms with Gasteiger partial charge in [-0.3, -0.25) is 4.79 Å². The fourth-order valence-corrected chi connectivity index (χ4v) is 0.638. The molecule has 2 N–H and O–H groups in total. The van der Waals surface area contributed by atoms with Crippen LogP contribution >= 0.6 is 0 Å². The van der Waals surface area contributed by atoms with Crippen molar-refractivity contribution in [1.29, 1.82) is 0 Å². The van der Waals surface area contributed by atoms with Crippen LogP contribution in [-0.2, 0) is 4.79 Å². The number of amides is 1. The van der Waals surface area contributed by atoms with E-state index in [-0.39, 0.29) is 0 Å². The van der Waals surface area contributed by atoms with Gasteiger partial charge in [0.15, 0.2) is 6.21 Å². The van der Waals surface area contributed by atoms with Crippen LogP contribution in [0.1, 0.15) is 0 Å². The Morgan fingerprint density at radius 3 is 2.67 bits per heavy atom. The van der Waals surface area contributed by atoms with E-state index in [2.05, 4.69) is 0 Å². The molecule has 0 aliphatic carbocycles. The molecule has 1 unspecified atom stereocenters. The van der Waals surface area contributed by atoms with E-state index in [4.69, 9.17) is 5.73 Å². The second kappa shape index (κ2) is 1.89. The molecule has 0 fully saturated rings. The first-order chi connectivity index (χ1) is 4.22. The summed E-state index contributed by atoms with van der Waals surface area (Å²) in [6.07, 6.45) is 4.22. The maximum atomic E-state index is 10.5. The summed E-state index contributed by atoms with van der Waals surface area (Å²) in [6.45, 7) is 0. The van der Waals surface area contributed by atoms with Crippen molar-refractivity contribution in [2.45, 2.75) is 6.04 Å². The zero-order chi connectivity index (χ0) is 6.85. The van der Waals surface area contributed by atoms with Gasteiger partial charge in [0, 0.05) is 12.2 Å². The zero-order valence-corrected chi connectivity index (χ0v) is 4.65. The number of hydrogen-bond donors (Lipinski definition) is 1. The summed E-state index contributed by atoms with van der Waals surface area (Å²) in [5, 5.41) is 10.5. The molecule has 1 rings (SSSR count). The lowest BCUT2D eigenvalue weighted by molar-refractivity contribution is -0.464. The van der Waals surface area contributed by atoms with E-state index < -0.39 is 11.9 Å². The minimum Gasteiger partial charge on any atom is -0.623 e. The van der Waals surface area contributed by atoms with Gasteiger partial charge in [-0.25, -0.2) is 0 Å². The van der Waals surface area contributed by atoms with Crippen LogP contribution in [0.15, 0.2) is 12.2 Å². The van der Waals surface area contributed by atoms with Gasteiger partial charge in [-0.2, -0.15) is 4.74 Å². The molecule has 4 heteroatoms. The van der Waals surface area contributed by atoms with Crippen molar-refractivity contribution in [2.24, 2.45) is 5.73 Å². The Bertz CT molecular complexity index is 195. The number of hydrogen-bond acceptors (Lipinski definition) is 2. The molecular formula is C5H6N2O2. The lowest BCUT2D eigenvalue weighted by Gasteiger charge is -2.03. The fourth-order valence-electron chi connectivity index (χ4n) is 0.638. The zero-order valence-electron chi connectivity index (χ0n) is 4.65. The first kappa shape index (κ1) is 5.81. The molecule has 1 aliphatic heterocycles. The van der Waals surface area contributed by atoms with E-state index >= 15 is 0 Å². The molecule has 1 atom stereocenters. The van der Waals surface area contributed by atoms with Crippen molar-refractivity contribution < 1.29 is 9.53 Å². The third kappa shape index (κ3) is 0.910. The Labute approximate surface area is 51.9 Å². The molecule has 0 aromatic carbocycles. The molecule has 0 aromatic rings. The van der Waals surface area contributed by atoms with E-state index in [1.807, 2.05) is 0 Å². The quantitative estimate of drug-likeness (QED) is 0.361. The van der Waals surface area contributed by atoms with Gasteiger partial charge >= 0.3 is 0 Å². The molecule has 0 aromatic heterocycles. The normalized spacial score (nSPS) is 24.0. The molecule has 0 bridgehead atoms. The maximum absolute atomic E-state index is 10.5. The number of nitrogens with two attached hydrogens (primary N) is 1. The highest BCUT2D eigenvalue weighted by Crippen LogP contribution is 1.96. The smallest absolute Gasteiger partial charge is 0.291 e. The number of nitrogens with zero attached hydrogens (tertiary/aromatic N) is 1. The van der Waals surface area contributed by atoms with E-state index in [0.29, 0.717) is 4.74 Å². The minimum atomic E-state index is -0.787. The minimum absolute atomic E-state index is 0.516. The first-order valence-electron chi connectivity index (χ1n) is 2.48. The average Bonchev–Trinajstić information content (AvgIpc) is 2.13. The van der Waals surface area contributed by atoms with E-state index in [0.717, 1.165) is 0 Å². The van der Waals surface area contributed by atoms with Crippen LogP contribution in [0.4, 0.5) is 0 Å². The standard InChI is InChI=1S/C5H6N2O2/c6-5(8)4-2-1-3-7(4)9/h1-4H,(H2,6,8). The average molecular weight is 126 g/mol. The van der Waals surface area contributed by atoms with Crippen molar-refractivity contribution in [3.8, 4) is 0 Å². The second-order valence-electron chi connectivity index (χ2n) is 1.74. The number of carbonyl (C=O) groups is 1. The molecule has 0 spiro atoms. The third-order valence-electron chi connectivity index (χ3n) is 1.09. The summed E-state index contributed by atoms with van der Waals surface area (Å²) < 4.78 is 0.516. The van der Waals surface area contributed by atoms with Crippen molar-refractivity contribution >= 4 is 12.1 Å². The van der Waals surface area contributed by atoms with Gasteiger partial charge in [-0.15, -0.1) is 0 Å². The maximum Gasteiger partial charge on any atom is 0.291 e. The number of rotatable bonds is 1. The van der Waals surface area contributed by atoms with Crippen molar-refractivity contribution in [2.75, 3.05) is 0 Å². The highest BCUT2D eigenvalue weighted by molar-refractivity contribution is 5.84. The predicted octanol–water partition coefficient (Wildman–Crippen LogP) is -1.01. The van der Waals surface area contributed by atoms with E-state index in [1.54, 1.807) is 0 Å². The number of primary amides is 1. The van der Waals surface area contributed by atoms with Crippen LogP contribution < -0.4 is 5.73 Å². The molecule has 4 nitrogen and oxygen atoms in total. The lowest BCUT2D eigenvalue weighted by atomic mass is 10.3. The summed E-state index contributed by atoms with van der Waals surface area (Å²) in [5.74, 6) is -0.616. The monoisotopic (exact) mass is 126 g/mol. The van der Waals surface area contributed by atoms with Crippen molar-refractivity contribution in [3.63, 3.8) is 0 Å². The summed E-state index contributed by atoms with van der Waals surface area (Å²) in [5.41, 5.74) is 4.84. The molecule has 9 heavy (non-hydrogen) atoms. The summed E-state index contributed by atoms with van der Waals surface area (Å²) in [6, 6.07) is -0.787. The molecule has 1 amide bonds. The van der Waals surface area contributed by atoms with Gasteiger partial charge in [0.05, 0.1) is 0 Å². The van der Waals surface area contributed by atoms with Crippen LogP contribution in [0.3, 0.4) is 0 Å². The molecule has 0 saturated heterocycles. The third-order valence-corrected chi connectivity index (χ3v) is 1.09. The van der Waals surface area contributed by atoms with E-state index in [9.17, 15) is 10.0 Å². The second-order valence-corrected chi connectivity index (χ2v) is 1.74. The largest absolute Gasteiger partial charge is 0.623 e. The molecule has 48 valence electrons.